The van der Waals surface area contributed by atoms with Gasteiger partial charge in [-0.25, -0.2) is 0 Å². The Labute approximate surface area is 154 Å². The molecule has 0 saturated carbocycles. The second kappa shape index (κ2) is 8.37. The molecule has 4 nitrogen and oxygen atoms in total. The molecule has 1 saturated heterocycles. The maximum atomic E-state index is 11.7. The van der Waals surface area contributed by atoms with E-state index in [2.05, 4.69) is 24.0 Å². The number of nitrogens with zero attached hydrogens (tertiary/aromatic N) is 2. The fraction of sp³-hybridized carbons (Fsp3) is 0.350. The lowest BCUT2D eigenvalue weighted by Crippen LogP contribution is -2.49. The third-order valence-electron chi connectivity index (χ3n) is 4.67. The van der Waals surface area contributed by atoms with Crippen LogP contribution >= 0.6 is 11.6 Å². The number of hydrogen-bond donors (Lipinski definition) is 0. The Morgan fingerprint density at radius 3 is 2.20 bits per heavy atom. The predicted molar refractivity (Wildman–Crippen MR) is 100 cm³/mol. The Hall–Kier alpha value is -2.04. The molecule has 0 aliphatic carbocycles. The number of para-hydroxylation sites is 1. The van der Waals surface area contributed by atoms with Crippen molar-refractivity contribution in [2.24, 2.45) is 0 Å². The first-order valence-corrected chi connectivity index (χ1v) is 9.11. The van der Waals surface area contributed by atoms with E-state index in [0.29, 0.717) is 6.04 Å². The van der Waals surface area contributed by atoms with E-state index in [-0.39, 0.29) is 11.8 Å². The number of benzene rings is 2. The van der Waals surface area contributed by atoms with Gasteiger partial charge in [0.2, 0.25) is 5.91 Å². The minimum Gasteiger partial charge on any atom is -0.457 e. The molecule has 3 rings (SSSR count). The first-order chi connectivity index (χ1) is 12.2. The van der Waals surface area contributed by atoms with Crippen molar-refractivity contribution in [1.82, 2.24) is 9.80 Å². The van der Waals surface area contributed by atoms with Gasteiger partial charge in [-0.2, -0.15) is 0 Å². The highest BCUT2D eigenvalue weighted by Gasteiger charge is 2.24. The first-order valence-electron chi connectivity index (χ1n) is 8.58. The third kappa shape index (κ3) is 4.53. The Morgan fingerprint density at radius 1 is 1.00 bits per heavy atom. The summed E-state index contributed by atoms with van der Waals surface area (Å²) in [6, 6.07) is 18.3. The van der Waals surface area contributed by atoms with Crippen molar-refractivity contribution >= 4 is 17.5 Å². The SMILES string of the molecule is C[C@@H](c1ccc(Oc2ccccc2)cc1)N1CCN(C(=O)CCl)CC1. The molecular formula is C20H23ClN2O2. The van der Waals surface area contributed by atoms with Crippen LogP contribution in [0.25, 0.3) is 0 Å². The van der Waals surface area contributed by atoms with Gasteiger partial charge in [0.15, 0.2) is 0 Å². The van der Waals surface area contributed by atoms with Crippen LogP contribution in [0.15, 0.2) is 54.6 Å². The Balaban J connectivity index is 1.58. The van der Waals surface area contributed by atoms with E-state index < -0.39 is 0 Å². The highest BCUT2D eigenvalue weighted by molar-refractivity contribution is 6.27. The van der Waals surface area contributed by atoms with Gasteiger partial charge in [-0.3, -0.25) is 9.69 Å². The van der Waals surface area contributed by atoms with Crippen LogP contribution in [-0.4, -0.2) is 47.8 Å². The summed E-state index contributed by atoms with van der Waals surface area (Å²) in [6.45, 7) is 5.42. The van der Waals surface area contributed by atoms with Gasteiger partial charge in [-0.15, -0.1) is 11.6 Å². The third-order valence-corrected chi connectivity index (χ3v) is 4.90. The number of hydrogen-bond acceptors (Lipinski definition) is 3. The Morgan fingerprint density at radius 2 is 1.60 bits per heavy atom. The van der Waals surface area contributed by atoms with Crippen molar-refractivity contribution in [2.45, 2.75) is 13.0 Å². The van der Waals surface area contributed by atoms with Gasteiger partial charge in [0.05, 0.1) is 0 Å². The summed E-state index contributed by atoms with van der Waals surface area (Å²) in [7, 11) is 0. The summed E-state index contributed by atoms with van der Waals surface area (Å²) in [5.41, 5.74) is 1.25. The molecule has 0 aromatic heterocycles. The van der Waals surface area contributed by atoms with E-state index in [1.54, 1.807) is 0 Å². The molecule has 132 valence electrons. The van der Waals surface area contributed by atoms with Crippen molar-refractivity contribution in [3.63, 3.8) is 0 Å². The molecule has 1 fully saturated rings. The minimum atomic E-state index is 0.0244. The summed E-state index contributed by atoms with van der Waals surface area (Å²) in [4.78, 5) is 15.9. The fourth-order valence-corrected chi connectivity index (χ4v) is 3.26. The van der Waals surface area contributed by atoms with Crippen LogP contribution < -0.4 is 4.74 Å². The normalized spacial score (nSPS) is 16.5. The lowest BCUT2D eigenvalue weighted by molar-refractivity contribution is -0.130. The summed E-state index contributed by atoms with van der Waals surface area (Å²) in [6.07, 6.45) is 0. The second-order valence-corrected chi connectivity index (χ2v) is 6.48. The Bertz CT molecular complexity index is 683. The molecule has 1 amide bonds. The topological polar surface area (TPSA) is 32.8 Å². The largest absolute Gasteiger partial charge is 0.457 e. The van der Waals surface area contributed by atoms with Gasteiger partial charge in [-0.05, 0) is 36.8 Å². The maximum absolute atomic E-state index is 11.7. The van der Waals surface area contributed by atoms with E-state index in [9.17, 15) is 4.79 Å². The van der Waals surface area contributed by atoms with Gasteiger partial charge in [0.25, 0.3) is 0 Å². The highest BCUT2D eigenvalue weighted by atomic mass is 35.5. The second-order valence-electron chi connectivity index (χ2n) is 6.21. The molecule has 1 atom stereocenters. The van der Waals surface area contributed by atoms with E-state index in [1.165, 1.54) is 5.56 Å². The molecule has 0 radical (unpaired) electrons. The average molecular weight is 359 g/mol. The average Bonchev–Trinajstić information content (AvgIpc) is 2.68. The van der Waals surface area contributed by atoms with Crippen LogP contribution in [0.3, 0.4) is 0 Å². The number of halogens is 1. The molecule has 0 spiro atoms. The number of alkyl halides is 1. The molecule has 0 unspecified atom stereocenters. The van der Waals surface area contributed by atoms with E-state index in [1.807, 2.05) is 47.4 Å². The van der Waals surface area contributed by atoms with Crippen molar-refractivity contribution in [3.05, 3.63) is 60.2 Å². The molecule has 25 heavy (non-hydrogen) atoms. The quantitative estimate of drug-likeness (QED) is 0.759. The van der Waals surface area contributed by atoms with E-state index >= 15 is 0 Å². The van der Waals surface area contributed by atoms with Crippen LogP contribution in [-0.2, 0) is 4.79 Å². The zero-order valence-corrected chi connectivity index (χ0v) is 15.2. The number of rotatable bonds is 5. The van der Waals surface area contributed by atoms with Crippen LogP contribution in [0.1, 0.15) is 18.5 Å². The molecular weight excluding hydrogens is 336 g/mol. The van der Waals surface area contributed by atoms with Gasteiger partial charge in [-0.1, -0.05) is 30.3 Å². The standard InChI is InChI=1S/C20H23ClN2O2/c1-16(22-11-13-23(14-12-22)20(24)15-21)17-7-9-19(10-8-17)25-18-5-3-2-4-6-18/h2-10,16H,11-15H2,1H3/t16-/m0/s1. The number of ether oxygens (including phenoxy) is 1. The lowest BCUT2D eigenvalue weighted by Gasteiger charge is -2.38. The first kappa shape index (κ1) is 17.8. The molecule has 0 bridgehead atoms. The van der Waals surface area contributed by atoms with Gasteiger partial charge < -0.3 is 9.64 Å². The molecule has 0 N–H and O–H groups in total. The molecule has 5 heteroatoms. The number of carbonyl (C=O) groups excluding carboxylic acids is 1. The van der Waals surface area contributed by atoms with Crippen LogP contribution in [0.4, 0.5) is 0 Å². The fourth-order valence-electron chi connectivity index (χ4n) is 3.09. The zero-order chi connectivity index (χ0) is 17.6. The molecule has 2 aromatic carbocycles. The van der Waals surface area contributed by atoms with Crippen LogP contribution in [0.2, 0.25) is 0 Å². The number of piperazine rings is 1. The molecule has 1 aliphatic heterocycles. The van der Waals surface area contributed by atoms with Crippen LogP contribution in [0, 0.1) is 0 Å². The molecule has 1 aliphatic rings. The van der Waals surface area contributed by atoms with Crippen LogP contribution in [0.5, 0.6) is 11.5 Å². The summed E-state index contributed by atoms with van der Waals surface area (Å²) in [5.74, 6) is 1.76. The molecule has 2 aromatic rings. The van der Waals surface area contributed by atoms with E-state index in [0.717, 1.165) is 37.7 Å². The van der Waals surface area contributed by atoms with Gasteiger partial charge in [0.1, 0.15) is 17.4 Å². The van der Waals surface area contributed by atoms with Gasteiger partial charge in [0, 0.05) is 32.2 Å². The van der Waals surface area contributed by atoms with Gasteiger partial charge >= 0.3 is 0 Å². The van der Waals surface area contributed by atoms with Crippen molar-refractivity contribution < 1.29 is 9.53 Å². The van der Waals surface area contributed by atoms with Crippen molar-refractivity contribution in [1.29, 1.82) is 0 Å². The zero-order valence-electron chi connectivity index (χ0n) is 14.4. The summed E-state index contributed by atoms with van der Waals surface area (Å²) in [5, 5.41) is 0. The summed E-state index contributed by atoms with van der Waals surface area (Å²) >= 11 is 5.64. The highest BCUT2D eigenvalue weighted by Crippen LogP contribution is 2.26. The molecule has 1 heterocycles. The van der Waals surface area contributed by atoms with E-state index in [4.69, 9.17) is 16.3 Å². The minimum absolute atomic E-state index is 0.0244. The Kier molecular flexibility index (Phi) is 5.95. The number of amides is 1. The van der Waals surface area contributed by atoms with Crippen molar-refractivity contribution in [2.75, 3.05) is 32.1 Å². The smallest absolute Gasteiger partial charge is 0.237 e. The predicted octanol–water partition coefficient (Wildman–Crippen LogP) is 3.92. The number of carbonyl (C=O) groups is 1. The maximum Gasteiger partial charge on any atom is 0.237 e. The van der Waals surface area contributed by atoms with Crippen molar-refractivity contribution in [3.8, 4) is 11.5 Å². The summed E-state index contributed by atoms with van der Waals surface area (Å²) < 4.78 is 5.84. The monoisotopic (exact) mass is 358 g/mol. The lowest BCUT2D eigenvalue weighted by atomic mass is 10.1.